The Hall–Kier alpha value is -3.35. The van der Waals surface area contributed by atoms with E-state index in [0.717, 1.165) is 41.7 Å². The highest BCUT2D eigenvalue weighted by atomic mass is 16.5. The van der Waals surface area contributed by atoms with Crippen LogP contribution in [0.25, 0.3) is 11.5 Å². The van der Waals surface area contributed by atoms with E-state index in [4.69, 9.17) is 9.15 Å². The number of hydrogen-bond donors (Lipinski definition) is 0. The van der Waals surface area contributed by atoms with Crippen LogP contribution in [0, 0.1) is 0 Å². The Labute approximate surface area is 174 Å². The third-order valence-corrected chi connectivity index (χ3v) is 5.49. The average molecular weight is 407 g/mol. The molecule has 30 heavy (non-hydrogen) atoms. The number of rotatable bonds is 5. The normalized spacial score (nSPS) is 16.8. The van der Waals surface area contributed by atoms with Gasteiger partial charge >= 0.3 is 5.76 Å². The van der Waals surface area contributed by atoms with Crippen LogP contribution in [0.2, 0.25) is 0 Å². The fourth-order valence-corrected chi connectivity index (χ4v) is 3.90. The van der Waals surface area contributed by atoms with Crippen molar-refractivity contribution in [2.24, 2.45) is 0 Å². The molecule has 7 nitrogen and oxygen atoms in total. The number of aromatic nitrogens is 2. The molecule has 0 radical (unpaired) electrons. The van der Waals surface area contributed by atoms with Crippen LogP contribution < -0.4 is 10.5 Å². The molecular formula is C23H25N3O4. The average Bonchev–Trinajstić information content (AvgIpc) is 2.99. The lowest BCUT2D eigenvalue weighted by molar-refractivity contribution is -0.134. The molecular weight excluding hydrogens is 382 g/mol. The minimum absolute atomic E-state index is 0.0258. The van der Waals surface area contributed by atoms with E-state index in [1.807, 2.05) is 59.5 Å². The molecule has 4 rings (SSSR count). The first kappa shape index (κ1) is 19.9. The number of carbonyl (C=O) groups excluding carboxylic acids is 1. The molecule has 0 unspecified atom stereocenters. The summed E-state index contributed by atoms with van der Waals surface area (Å²) < 4.78 is 11.6. The van der Waals surface area contributed by atoms with Gasteiger partial charge in [0.05, 0.1) is 13.2 Å². The molecule has 7 heteroatoms. The van der Waals surface area contributed by atoms with E-state index < -0.39 is 5.76 Å². The molecule has 3 aromatic rings. The molecule has 1 saturated heterocycles. The van der Waals surface area contributed by atoms with Gasteiger partial charge in [-0.15, -0.1) is 5.10 Å². The SMILES string of the molecule is COc1ccc([C@@H]2CCCCCN2C(=O)Cn2nc(-c3ccccc3)oc2=O)cc1. The highest BCUT2D eigenvalue weighted by Gasteiger charge is 2.28. The molecule has 0 saturated carbocycles. The summed E-state index contributed by atoms with van der Waals surface area (Å²) in [7, 11) is 1.63. The molecule has 1 aliphatic heterocycles. The maximum atomic E-state index is 13.2. The zero-order valence-electron chi connectivity index (χ0n) is 17.0. The Morgan fingerprint density at radius 2 is 1.87 bits per heavy atom. The number of amides is 1. The fraction of sp³-hybridized carbons (Fsp3) is 0.348. The van der Waals surface area contributed by atoms with Crippen LogP contribution in [0.5, 0.6) is 5.75 Å². The Morgan fingerprint density at radius 1 is 1.10 bits per heavy atom. The fourth-order valence-electron chi connectivity index (χ4n) is 3.90. The molecule has 1 aliphatic rings. The van der Waals surface area contributed by atoms with E-state index in [1.165, 1.54) is 0 Å². The summed E-state index contributed by atoms with van der Waals surface area (Å²) in [6.07, 6.45) is 3.98. The minimum Gasteiger partial charge on any atom is -0.497 e. The number of nitrogens with zero attached hydrogens (tertiary/aromatic N) is 3. The van der Waals surface area contributed by atoms with Crippen LogP contribution >= 0.6 is 0 Å². The predicted octanol–water partition coefficient (Wildman–Crippen LogP) is 3.66. The van der Waals surface area contributed by atoms with Crippen molar-refractivity contribution in [3.05, 3.63) is 70.7 Å². The number of ether oxygens (including phenoxy) is 1. The second-order valence-corrected chi connectivity index (χ2v) is 7.42. The molecule has 0 bridgehead atoms. The lowest BCUT2D eigenvalue weighted by atomic mass is 10.0. The van der Waals surface area contributed by atoms with Gasteiger partial charge in [-0.05, 0) is 42.7 Å². The van der Waals surface area contributed by atoms with Gasteiger partial charge in [-0.3, -0.25) is 4.79 Å². The van der Waals surface area contributed by atoms with Crippen molar-refractivity contribution in [1.82, 2.24) is 14.7 Å². The number of hydrogen-bond acceptors (Lipinski definition) is 5. The highest BCUT2D eigenvalue weighted by molar-refractivity contribution is 5.76. The quantitative estimate of drug-likeness (QED) is 0.645. The lowest BCUT2D eigenvalue weighted by Gasteiger charge is -2.30. The van der Waals surface area contributed by atoms with Gasteiger partial charge < -0.3 is 14.1 Å². The summed E-state index contributed by atoms with van der Waals surface area (Å²) in [4.78, 5) is 27.3. The van der Waals surface area contributed by atoms with Crippen LogP contribution in [-0.4, -0.2) is 34.2 Å². The van der Waals surface area contributed by atoms with E-state index in [-0.39, 0.29) is 24.4 Å². The van der Waals surface area contributed by atoms with Gasteiger partial charge in [0.25, 0.3) is 0 Å². The lowest BCUT2D eigenvalue weighted by Crippen LogP contribution is -2.38. The number of benzene rings is 2. The highest BCUT2D eigenvalue weighted by Crippen LogP contribution is 2.31. The minimum atomic E-state index is -0.627. The smallest absolute Gasteiger partial charge is 0.437 e. The molecule has 0 N–H and O–H groups in total. The summed E-state index contributed by atoms with van der Waals surface area (Å²) in [5.74, 6) is 0.245. The van der Waals surface area contributed by atoms with E-state index in [9.17, 15) is 9.59 Å². The topological polar surface area (TPSA) is 77.6 Å². The van der Waals surface area contributed by atoms with Gasteiger partial charge in [-0.2, -0.15) is 4.68 Å². The van der Waals surface area contributed by atoms with Gasteiger partial charge in [0.15, 0.2) is 0 Å². The zero-order chi connectivity index (χ0) is 20.9. The monoisotopic (exact) mass is 407 g/mol. The molecule has 0 spiro atoms. The van der Waals surface area contributed by atoms with E-state index in [1.54, 1.807) is 7.11 Å². The van der Waals surface area contributed by atoms with Gasteiger partial charge in [0.2, 0.25) is 11.8 Å². The van der Waals surface area contributed by atoms with Crippen molar-refractivity contribution < 1.29 is 13.9 Å². The number of likely N-dealkylation sites (tertiary alicyclic amines) is 1. The number of methoxy groups -OCH3 is 1. The molecule has 1 fully saturated rings. The van der Waals surface area contributed by atoms with Crippen molar-refractivity contribution >= 4 is 5.91 Å². The first-order valence-corrected chi connectivity index (χ1v) is 10.2. The Balaban J connectivity index is 1.56. The maximum absolute atomic E-state index is 13.2. The van der Waals surface area contributed by atoms with Crippen molar-refractivity contribution in [3.63, 3.8) is 0 Å². The Kier molecular flexibility index (Phi) is 5.97. The predicted molar refractivity (Wildman–Crippen MR) is 112 cm³/mol. The third kappa shape index (κ3) is 4.30. The summed E-state index contributed by atoms with van der Waals surface area (Å²) >= 11 is 0. The molecule has 156 valence electrons. The summed E-state index contributed by atoms with van der Waals surface area (Å²) in [6, 6.07) is 17.0. The summed E-state index contributed by atoms with van der Waals surface area (Å²) in [5.41, 5.74) is 1.77. The van der Waals surface area contributed by atoms with E-state index in [0.29, 0.717) is 12.1 Å². The van der Waals surface area contributed by atoms with Crippen molar-refractivity contribution in [1.29, 1.82) is 0 Å². The third-order valence-electron chi connectivity index (χ3n) is 5.49. The van der Waals surface area contributed by atoms with Crippen LogP contribution in [0.15, 0.2) is 63.8 Å². The first-order chi connectivity index (χ1) is 14.7. The van der Waals surface area contributed by atoms with Gasteiger partial charge in [-0.1, -0.05) is 43.2 Å². The van der Waals surface area contributed by atoms with Crippen LogP contribution in [-0.2, 0) is 11.3 Å². The molecule has 2 heterocycles. The van der Waals surface area contributed by atoms with Crippen molar-refractivity contribution in [2.75, 3.05) is 13.7 Å². The first-order valence-electron chi connectivity index (χ1n) is 10.2. The van der Waals surface area contributed by atoms with Crippen molar-refractivity contribution in [3.8, 4) is 17.2 Å². The molecule has 1 atom stereocenters. The molecule has 0 aliphatic carbocycles. The molecule has 1 aromatic heterocycles. The van der Waals surface area contributed by atoms with Gasteiger partial charge in [0.1, 0.15) is 12.3 Å². The summed E-state index contributed by atoms with van der Waals surface area (Å²) in [6.45, 7) is 0.523. The van der Waals surface area contributed by atoms with Crippen LogP contribution in [0.1, 0.15) is 37.3 Å². The van der Waals surface area contributed by atoms with E-state index in [2.05, 4.69) is 5.10 Å². The van der Waals surface area contributed by atoms with Gasteiger partial charge in [0, 0.05) is 12.1 Å². The second kappa shape index (κ2) is 8.98. The number of carbonyl (C=O) groups is 1. The van der Waals surface area contributed by atoms with Crippen LogP contribution in [0.3, 0.4) is 0 Å². The standard InChI is InChI=1S/C23H25N3O4/c1-29-19-13-11-17(12-14-19)20-10-6-3-7-15-25(20)21(27)16-26-23(28)30-22(24-26)18-8-4-2-5-9-18/h2,4-5,8-9,11-14,20H,3,6-7,10,15-16H2,1H3/t20-/m0/s1. The maximum Gasteiger partial charge on any atom is 0.437 e. The van der Waals surface area contributed by atoms with E-state index >= 15 is 0 Å². The largest absolute Gasteiger partial charge is 0.497 e. The summed E-state index contributed by atoms with van der Waals surface area (Å²) in [5, 5.41) is 4.23. The zero-order valence-corrected chi connectivity index (χ0v) is 17.0. The van der Waals surface area contributed by atoms with Crippen molar-refractivity contribution in [2.45, 2.75) is 38.3 Å². The van der Waals surface area contributed by atoms with Gasteiger partial charge in [-0.25, -0.2) is 4.79 Å². The Bertz CT molecular complexity index is 1040. The molecule has 2 aromatic carbocycles. The molecule has 1 amide bonds. The van der Waals surface area contributed by atoms with Crippen LogP contribution in [0.4, 0.5) is 0 Å². The Morgan fingerprint density at radius 3 is 2.60 bits per heavy atom. The second-order valence-electron chi connectivity index (χ2n) is 7.42.